The van der Waals surface area contributed by atoms with Crippen LogP contribution in [0.5, 0.6) is 0 Å². The van der Waals surface area contributed by atoms with Gasteiger partial charge < -0.3 is 14.1 Å². The third kappa shape index (κ3) is 3.49. The Hall–Kier alpha value is -2.81. The number of hydrogen-bond donors (Lipinski definition) is 1. The number of hydrogen-bond acceptors (Lipinski definition) is 7. The van der Waals surface area contributed by atoms with E-state index in [4.69, 9.17) is 9.15 Å². The number of aryl methyl sites for hydroxylation is 1. The molecule has 148 valence electrons. The first-order valence-corrected chi connectivity index (χ1v) is 9.72. The molecule has 0 fully saturated rings. The van der Waals surface area contributed by atoms with Crippen molar-refractivity contribution in [2.75, 3.05) is 7.11 Å². The Balaban J connectivity index is 1.85. The van der Waals surface area contributed by atoms with Crippen molar-refractivity contribution < 1.29 is 18.7 Å². The Bertz CT molecular complexity index is 1000. The zero-order chi connectivity index (χ0) is 20.4. The quantitative estimate of drug-likeness (QED) is 0.365. The molecule has 0 radical (unpaired) electrons. The number of nitrogens with one attached hydrogen (secondary N) is 1. The molecule has 0 saturated heterocycles. The third-order valence-corrected chi connectivity index (χ3v) is 5.58. The SMILES string of the molecule is CCn1c(S[C@H](C)C(=O)c2[nH]c(C)c(C(=O)OC)c2C)nnc1-c1ccco1. The molecule has 0 aliphatic heterocycles. The van der Waals surface area contributed by atoms with Gasteiger partial charge in [-0.25, -0.2) is 4.79 Å². The summed E-state index contributed by atoms with van der Waals surface area (Å²) in [6.45, 7) is 7.91. The lowest BCUT2D eigenvalue weighted by Crippen LogP contribution is -2.16. The van der Waals surface area contributed by atoms with Crippen molar-refractivity contribution in [1.82, 2.24) is 19.7 Å². The van der Waals surface area contributed by atoms with E-state index in [1.54, 1.807) is 26.2 Å². The van der Waals surface area contributed by atoms with E-state index in [-0.39, 0.29) is 5.78 Å². The van der Waals surface area contributed by atoms with E-state index in [1.807, 2.05) is 24.5 Å². The fourth-order valence-electron chi connectivity index (χ4n) is 3.07. The van der Waals surface area contributed by atoms with Gasteiger partial charge in [0, 0.05) is 12.2 Å². The minimum absolute atomic E-state index is 0.119. The van der Waals surface area contributed by atoms with Crippen molar-refractivity contribution in [2.45, 2.75) is 44.6 Å². The molecule has 0 aliphatic rings. The average molecular weight is 402 g/mol. The summed E-state index contributed by atoms with van der Waals surface area (Å²) in [5, 5.41) is 8.63. The largest absolute Gasteiger partial charge is 0.465 e. The van der Waals surface area contributed by atoms with Gasteiger partial charge in [-0.2, -0.15) is 0 Å². The molecular weight excluding hydrogens is 380 g/mol. The number of aromatic nitrogens is 4. The molecule has 0 saturated carbocycles. The first-order valence-electron chi connectivity index (χ1n) is 8.84. The van der Waals surface area contributed by atoms with Gasteiger partial charge in [-0.05, 0) is 45.4 Å². The van der Waals surface area contributed by atoms with Crippen LogP contribution in [0.4, 0.5) is 0 Å². The highest BCUT2D eigenvalue weighted by Crippen LogP contribution is 2.30. The first-order chi connectivity index (χ1) is 13.4. The summed E-state index contributed by atoms with van der Waals surface area (Å²) < 4.78 is 12.1. The summed E-state index contributed by atoms with van der Waals surface area (Å²) >= 11 is 1.32. The number of rotatable bonds is 7. The van der Waals surface area contributed by atoms with Crippen molar-refractivity contribution in [3.05, 3.63) is 40.9 Å². The molecule has 0 amide bonds. The van der Waals surface area contributed by atoms with Gasteiger partial charge in [-0.1, -0.05) is 11.8 Å². The Morgan fingerprint density at radius 1 is 1.36 bits per heavy atom. The van der Waals surface area contributed by atoms with Crippen molar-refractivity contribution in [1.29, 1.82) is 0 Å². The lowest BCUT2D eigenvalue weighted by molar-refractivity contribution is 0.0599. The number of ether oxygens (including phenoxy) is 1. The van der Waals surface area contributed by atoms with Crippen molar-refractivity contribution in [3.8, 4) is 11.6 Å². The van der Waals surface area contributed by atoms with Crippen LogP contribution in [0.25, 0.3) is 11.6 Å². The van der Waals surface area contributed by atoms with Crippen LogP contribution in [0, 0.1) is 13.8 Å². The number of ketones is 1. The Morgan fingerprint density at radius 3 is 2.71 bits per heavy atom. The number of thioether (sulfide) groups is 1. The summed E-state index contributed by atoms with van der Waals surface area (Å²) in [7, 11) is 1.32. The average Bonchev–Trinajstić information content (AvgIpc) is 3.39. The van der Waals surface area contributed by atoms with Gasteiger partial charge in [0.1, 0.15) is 0 Å². The molecule has 28 heavy (non-hydrogen) atoms. The van der Waals surface area contributed by atoms with Crippen LogP contribution < -0.4 is 0 Å². The highest BCUT2D eigenvalue weighted by Gasteiger charge is 2.27. The van der Waals surface area contributed by atoms with Gasteiger partial charge in [-0.15, -0.1) is 10.2 Å². The number of H-pyrrole nitrogens is 1. The maximum Gasteiger partial charge on any atom is 0.339 e. The molecule has 3 heterocycles. The molecule has 1 N–H and O–H groups in total. The maximum atomic E-state index is 13.0. The van der Waals surface area contributed by atoms with Gasteiger partial charge in [0.05, 0.1) is 29.9 Å². The Labute approximate surface area is 166 Å². The van der Waals surface area contributed by atoms with Crippen LogP contribution in [0.2, 0.25) is 0 Å². The second-order valence-corrected chi connectivity index (χ2v) is 7.58. The topological polar surface area (TPSA) is 103 Å². The molecule has 3 aromatic heterocycles. The highest BCUT2D eigenvalue weighted by molar-refractivity contribution is 8.00. The van der Waals surface area contributed by atoms with Crippen LogP contribution >= 0.6 is 11.8 Å². The smallest absolute Gasteiger partial charge is 0.339 e. The van der Waals surface area contributed by atoms with E-state index in [2.05, 4.69) is 15.2 Å². The summed E-state index contributed by atoms with van der Waals surface area (Å²) in [6.07, 6.45) is 1.58. The van der Waals surface area contributed by atoms with E-state index in [9.17, 15) is 9.59 Å². The monoisotopic (exact) mass is 402 g/mol. The van der Waals surface area contributed by atoms with Crippen LogP contribution in [0.1, 0.15) is 46.0 Å². The molecule has 3 rings (SSSR count). The fraction of sp³-hybridized carbons (Fsp3) is 0.368. The van der Waals surface area contributed by atoms with Crippen LogP contribution in [0.15, 0.2) is 28.0 Å². The maximum absolute atomic E-state index is 13.0. The molecule has 0 bridgehead atoms. The summed E-state index contributed by atoms with van der Waals surface area (Å²) in [5.41, 5.74) is 2.02. The molecule has 0 aliphatic carbocycles. The van der Waals surface area contributed by atoms with E-state index in [0.29, 0.717) is 45.8 Å². The van der Waals surface area contributed by atoms with Crippen LogP contribution in [-0.4, -0.2) is 43.9 Å². The second-order valence-electron chi connectivity index (χ2n) is 6.27. The zero-order valence-electron chi connectivity index (χ0n) is 16.4. The number of Topliss-reactive ketones (excluding diaryl/α,β-unsaturated/α-hetero) is 1. The summed E-state index contributed by atoms with van der Waals surface area (Å²) in [6, 6.07) is 3.61. The number of carbonyl (C=O) groups is 2. The third-order valence-electron chi connectivity index (χ3n) is 4.50. The molecule has 0 aromatic carbocycles. The van der Waals surface area contributed by atoms with Crippen molar-refractivity contribution in [3.63, 3.8) is 0 Å². The minimum Gasteiger partial charge on any atom is -0.465 e. The number of aromatic amines is 1. The van der Waals surface area contributed by atoms with Gasteiger partial charge in [0.2, 0.25) is 0 Å². The number of esters is 1. The number of carbonyl (C=O) groups excluding carboxylic acids is 2. The van der Waals surface area contributed by atoms with Crippen LogP contribution in [-0.2, 0) is 11.3 Å². The molecular formula is C19H22N4O4S. The predicted molar refractivity (Wildman–Crippen MR) is 105 cm³/mol. The standard InChI is InChI=1S/C19H22N4O4S/c1-6-23-17(13-8-7-9-27-13)21-22-19(23)28-12(4)16(24)15-10(2)14(11(3)20-15)18(25)26-5/h7-9,12,20H,6H2,1-5H3/t12-/m1/s1. The van der Waals surface area contributed by atoms with Crippen molar-refractivity contribution in [2.24, 2.45) is 0 Å². The van der Waals surface area contributed by atoms with Gasteiger partial charge in [0.15, 0.2) is 22.5 Å². The first kappa shape index (κ1) is 19.9. The molecule has 9 heteroatoms. The lowest BCUT2D eigenvalue weighted by atomic mass is 10.1. The van der Waals surface area contributed by atoms with Crippen molar-refractivity contribution >= 4 is 23.5 Å². The number of furan rings is 1. The lowest BCUT2D eigenvalue weighted by Gasteiger charge is -2.11. The van der Waals surface area contributed by atoms with E-state index in [0.717, 1.165) is 0 Å². The molecule has 0 unspecified atom stereocenters. The fourth-order valence-corrected chi connectivity index (χ4v) is 4.04. The molecule has 1 atom stereocenters. The molecule has 3 aromatic rings. The summed E-state index contributed by atoms with van der Waals surface area (Å²) in [4.78, 5) is 28.0. The summed E-state index contributed by atoms with van der Waals surface area (Å²) in [5.74, 6) is 0.665. The second kappa shape index (κ2) is 8.05. The normalized spacial score (nSPS) is 12.2. The Morgan fingerprint density at radius 2 is 2.11 bits per heavy atom. The molecule has 8 nitrogen and oxygen atoms in total. The van der Waals surface area contributed by atoms with E-state index < -0.39 is 11.2 Å². The minimum atomic E-state index is -0.459. The van der Waals surface area contributed by atoms with Gasteiger partial charge in [-0.3, -0.25) is 9.36 Å². The van der Waals surface area contributed by atoms with E-state index in [1.165, 1.54) is 18.9 Å². The van der Waals surface area contributed by atoms with Crippen LogP contribution in [0.3, 0.4) is 0 Å². The predicted octanol–water partition coefficient (Wildman–Crippen LogP) is 3.65. The number of methoxy groups -OCH3 is 1. The van der Waals surface area contributed by atoms with Gasteiger partial charge >= 0.3 is 5.97 Å². The molecule has 0 spiro atoms. The zero-order valence-corrected chi connectivity index (χ0v) is 17.2. The Kier molecular flexibility index (Phi) is 5.73. The van der Waals surface area contributed by atoms with Gasteiger partial charge in [0.25, 0.3) is 0 Å². The highest BCUT2D eigenvalue weighted by atomic mass is 32.2. The number of nitrogens with zero attached hydrogens (tertiary/aromatic N) is 3. The van der Waals surface area contributed by atoms with E-state index >= 15 is 0 Å².